The van der Waals surface area contributed by atoms with Gasteiger partial charge in [0.2, 0.25) is 0 Å². The number of nitriles is 1. The van der Waals surface area contributed by atoms with Gasteiger partial charge in [0.05, 0.1) is 19.4 Å². The molecule has 3 rings (SSSR count). The highest BCUT2D eigenvalue weighted by molar-refractivity contribution is 9.11. The van der Waals surface area contributed by atoms with Crippen LogP contribution in [-0.2, 0) is 14.9 Å². The number of hydrogen-bond donors (Lipinski definition) is 1. The van der Waals surface area contributed by atoms with Crippen molar-refractivity contribution in [2.75, 3.05) is 19.0 Å². The van der Waals surface area contributed by atoms with Crippen LogP contribution in [-0.4, -0.2) is 28.0 Å². The van der Waals surface area contributed by atoms with Crippen LogP contribution in [0.25, 0.3) is 6.08 Å². The molecule has 0 bridgehead atoms. The molecule has 0 heterocycles. The van der Waals surface area contributed by atoms with Crippen LogP contribution in [0, 0.1) is 18.3 Å². The summed E-state index contributed by atoms with van der Waals surface area (Å²) in [4.78, 5) is 12.8. The third-order valence-electron chi connectivity index (χ3n) is 4.92. The molecule has 0 atom stereocenters. The van der Waals surface area contributed by atoms with Crippen LogP contribution in [0.3, 0.4) is 0 Å². The first kappa shape index (κ1) is 28.2. The molecule has 3 aromatic carbocycles. The van der Waals surface area contributed by atoms with Crippen LogP contribution in [0.15, 0.2) is 74.0 Å². The number of ether oxygens (including phenoxy) is 2. The Morgan fingerprint density at radius 2 is 1.70 bits per heavy atom. The van der Waals surface area contributed by atoms with Crippen molar-refractivity contribution >= 4 is 59.6 Å². The first-order chi connectivity index (χ1) is 17.6. The lowest BCUT2D eigenvalue weighted by molar-refractivity contribution is -0.112. The second kappa shape index (κ2) is 12.3. The molecular weight excluding hydrogens is 628 g/mol. The molecule has 1 N–H and O–H groups in total. The van der Waals surface area contributed by atoms with E-state index in [-0.39, 0.29) is 28.6 Å². The van der Waals surface area contributed by atoms with E-state index in [1.807, 2.05) is 25.1 Å². The van der Waals surface area contributed by atoms with Gasteiger partial charge in [0.25, 0.3) is 5.91 Å². The Balaban J connectivity index is 1.89. The maximum atomic E-state index is 12.8. The minimum absolute atomic E-state index is 0.0368. The Labute approximate surface area is 232 Å². The summed E-state index contributed by atoms with van der Waals surface area (Å²) in [6.45, 7) is 3.87. The van der Waals surface area contributed by atoms with Gasteiger partial charge in [-0.05, 0) is 111 Å². The number of halogens is 2. The first-order valence-electron chi connectivity index (χ1n) is 10.8. The third-order valence-corrected chi connectivity index (χ3v) is 7.42. The van der Waals surface area contributed by atoms with Gasteiger partial charge in [0.15, 0.2) is 11.5 Å². The lowest BCUT2D eigenvalue weighted by Gasteiger charge is -2.13. The number of hydrogen-bond acceptors (Lipinski definition) is 7. The molecule has 3 aromatic rings. The van der Waals surface area contributed by atoms with Crippen molar-refractivity contribution in [3.05, 3.63) is 80.2 Å². The van der Waals surface area contributed by atoms with Crippen molar-refractivity contribution < 1.29 is 26.9 Å². The molecule has 192 valence electrons. The van der Waals surface area contributed by atoms with E-state index in [9.17, 15) is 18.5 Å². The van der Waals surface area contributed by atoms with E-state index >= 15 is 0 Å². The maximum absolute atomic E-state index is 12.8. The monoisotopic (exact) mass is 648 g/mol. The van der Waals surface area contributed by atoms with Crippen LogP contribution in [0.5, 0.6) is 17.2 Å². The van der Waals surface area contributed by atoms with Gasteiger partial charge in [0, 0.05) is 8.95 Å². The topological polar surface area (TPSA) is 115 Å². The molecule has 0 spiro atoms. The number of amides is 1. The lowest BCUT2D eigenvalue weighted by Crippen LogP contribution is -2.14. The predicted molar refractivity (Wildman–Crippen MR) is 147 cm³/mol. The quantitative estimate of drug-likeness (QED) is 0.166. The fraction of sp³-hybridized carbons (Fsp3) is 0.154. The molecule has 0 aliphatic heterocycles. The molecule has 11 heteroatoms. The number of carbonyl (C=O) groups excluding carboxylic acids is 1. The fourth-order valence-electron chi connectivity index (χ4n) is 3.18. The van der Waals surface area contributed by atoms with Gasteiger partial charge < -0.3 is 19.0 Å². The summed E-state index contributed by atoms with van der Waals surface area (Å²) in [5.74, 6) is -0.0157. The molecule has 0 aliphatic rings. The zero-order valence-electron chi connectivity index (χ0n) is 20.0. The van der Waals surface area contributed by atoms with Crippen LogP contribution < -0.4 is 19.0 Å². The van der Waals surface area contributed by atoms with Gasteiger partial charge in [-0.15, -0.1) is 0 Å². The Morgan fingerprint density at radius 1 is 1.05 bits per heavy atom. The number of anilines is 1. The summed E-state index contributed by atoms with van der Waals surface area (Å²) in [5, 5.41) is 12.3. The van der Waals surface area contributed by atoms with Crippen LogP contribution >= 0.6 is 31.9 Å². The summed E-state index contributed by atoms with van der Waals surface area (Å²) < 4.78 is 42.8. The molecule has 37 heavy (non-hydrogen) atoms. The molecule has 8 nitrogen and oxygen atoms in total. The summed E-state index contributed by atoms with van der Waals surface area (Å²) in [6.07, 6.45) is 1.37. The van der Waals surface area contributed by atoms with Gasteiger partial charge in [-0.3, -0.25) is 4.79 Å². The summed E-state index contributed by atoms with van der Waals surface area (Å²) in [5.41, 5.74) is 1.74. The van der Waals surface area contributed by atoms with E-state index in [4.69, 9.17) is 13.7 Å². The molecule has 1 amide bonds. The zero-order chi connectivity index (χ0) is 27.2. The Hall–Kier alpha value is -3.33. The van der Waals surface area contributed by atoms with Crippen molar-refractivity contribution in [2.45, 2.75) is 18.7 Å². The van der Waals surface area contributed by atoms with E-state index in [1.54, 1.807) is 6.92 Å². The minimum Gasteiger partial charge on any atom is -0.497 e. The largest absolute Gasteiger partial charge is 0.497 e. The maximum Gasteiger partial charge on any atom is 0.339 e. The first-order valence-corrected chi connectivity index (χ1v) is 13.8. The Bertz CT molecular complexity index is 1470. The summed E-state index contributed by atoms with van der Waals surface area (Å²) in [6, 6.07) is 15.7. The van der Waals surface area contributed by atoms with E-state index in [0.29, 0.717) is 25.9 Å². The van der Waals surface area contributed by atoms with Gasteiger partial charge >= 0.3 is 10.1 Å². The van der Waals surface area contributed by atoms with E-state index in [0.717, 1.165) is 5.56 Å². The normalized spacial score (nSPS) is 11.4. The summed E-state index contributed by atoms with van der Waals surface area (Å²) in [7, 11) is -2.68. The van der Waals surface area contributed by atoms with Crippen LogP contribution in [0.4, 0.5) is 5.69 Å². The van der Waals surface area contributed by atoms with Gasteiger partial charge in [-0.1, -0.05) is 6.07 Å². The van der Waals surface area contributed by atoms with E-state index < -0.39 is 16.0 Å². The number of benzene rings is 3. The number of methoxy groups -OCH3 is 1. The van der Waals surface area contributed by atoms with E-state index in [2.05, 4.69) is 37.2 Å². The van der Waals surface area contributed by atoms with Gasteiger partial charge in [-0.2, -0.15) is 13.7 Å². The zero-order valence-corrected chi connectivity index (χ0v) is 24.0. The van der Waals surface area contributed by atoms with Crippen molar-refractivity contribution in [1.29, 1.82) is 5.26 Å². The average molecular weight is 650 g/mol. The lowest BCUT2D eigenvalue weighted by atomic mass is 10.1. The number of nitrogens with one attached hydrogen (secondary N) is 1. The van der Waals surface area contributed by atoms with Crippen molar-refractivity contribution in [3.8, 4) is 23.3 Å². The Kier molecular flexibility index (Phi) is 9.37. The second-order valence-corrected chi connectivity index (χ2v) is 10.8. The highest BCUT2D eigenvalue weighted by Gasteiger charge is 2.20. The molecular formula is C26H22Br2N2O6S. The average Bonchev–Trinajstić information content (AvgIpc) is 2.86. The van der Waals surface area contributed by atoms with Crippen molar-refractivity contribution in [2.24, 2.45) is 0 Å². The number of aryl methyl sites for hydroxylation is 1. The minimum atomic E-state index is -4.16. The molecule has 0 fully saturated rings. The smallest absolute Gasteiger partial charge is 0.339 e. The molecule has 0 aromatic heterocycles. The third kappa shape index (κ3) is 7.13. The van der Waals surface area contributed by atoms with Gasteiger partial charge in [-0.25, -0.2) is 0 Å². The SMILES string of the molecule is CCOc1cc(/C=C(\C#N)C(=O)Nc2c(Br)cc(C)cc2Br)ccc1OS(=O)(=O)c1ccc(OC)cc1. The summed E-state index contributed by atoms with van der Waals surface area (Å²) >= 11 is 6.83. The van der Waals surface area contributed by atoms with E-state index in [1.165, 1.54) is 55.7 Å². The van der Waals surface area contributed by atoms with Gasteiger partial charge in [0.1, 0.15) is 22.3 Å². The highest BCUT2D eigenvalue weighted by atomic mass is 79.9. The Morgan fingerprint density at radius 3 is 2.27 bits per heavy atom. The van der Waals surface area contributed by atoms with Crippen molar-refractivity contribution in [1.82, 2.24) is 0 Å². The van der Waals surface area contributed by atoms with Crippen molar-refractivity contribution in [3.63, 3.8) is 0 Å². The number of carbonyl (C=O) groups is 1. The number of nitrogens with zero attached hydrogens (tertiary/aromatic N) is 1. The molecule has 0 unspecified atom stereocenters. The highest BCUT2D eigenvalue weighted by Crippen LogP contribution is 2.34. The molecule has 0 saturated heterocycles. The molecule has 0 aliphatic carbocycles. The van der Waals surface area contributed by atoms with Crippen LogP contribution in [0.2, 0.25) is 0 Å². The van der Waals surface area contributed by atoms with Crippen LogP contribution in [0.1, 0.15) is 18.1 Å². The molecule has 0 radical (unpaired) electrons. The number of rotatable bonds is 9. The second-order valence-electron chi connectivity index (χ2n) is 7.58. The predicted octanol–water partition coefficient (Wildman–Crippen LogP) is 6.24. The fourth-order valence-corrected chi connectivity index (χ4v) is 5.73. The molecule has 0 saturated carbocycles. The standard InChI is InChI=1S/C26H22Br2N2O6S/c1-4-35-24-14-17(5-10-23(24)36-37(32,33)20-8-6-19(34-3)7-9-20)13-18(15-29)26(31)30-25-21(27)11-16(2)12-22(25)28/h5-14H,4H2,1-3H3,(H,30,31)/b18-13+.